The van der Waals surface area contributed by atoms with Gasteiger partial charge in [0.25, 0.3) is 0 Å². The van der Waals surface area contributed by atoms with Crippen molar-refractivity contribution in [2.24, 2.45) is 5.41 Å². The molecule has 6 nitrogen and oxygen atoms in total. The third kappa shape index (κ3) is 1.38. The number of carbonyl (C=O) groups excluding carboxylic acids is 5. The second kappa shape index (κ2) is 3.38. The lowest BCUT2D eigenvalue weighted by atomic mass is 9.74. The van der Waals surface area contributed by atoms with Crippen LogP contribution < -0.4 is 0 Å². The molecular weight excluding hydrogens is 204 g/mol. The maximum Gasteiger partial charge on any atom is 0.382 e. The van der Waals surface area contributed by atoms with Gasteiger partial charge in [0.2, 0.25) is 5.78 Å². The lowest BCUT2D eigenvalue weighted by Gasteiger charge is -2.28. The Morgan fingerprint density at radius 1 is 1.13 bits per heavy atom. The first kappa shape index (κ1) is 11.2. The van der Waals surface area contributed by atoms with E-state index in [1.807, 2.05) is 0 Å². The molecule has 0 spiro atoms. The molecule has 1 aliphatic heterocycles. The van der Waals surface area contributed by atoms with Crippen molar-refractivity contribution in [2.45, 2.75) is 13.8 Å². The fourth-order valence-electron chi connectivity index (χ4n) is 1.36. The lowest BCUT2D eigenvalue weighted by molar-refractivity contribution is -0.172. The van der Waals surface area contributed by atoms with Crippen LogP contribution in [0.1, 0.15) is 13.8 Å². The Bertz CT molecular complexity index is 377. The first-order valence-corrected chi connectivity index (χ1v) is 4.12. The zero-order valence-electron chi connectivity index (χ0n) is 8.16. The zero-order chi connectivity index (χ0) is 11.8. The number of esters is 1. The Balaban J connectivity index is 3.28. The Kier molecular flexibility index (Phi) is 2.53. The first-order valence-electron chi connectivity index (χ1n) is 4.12. The summed E-state index contributed by atoms with van der Waals surface area (Å²) in [6, 6.07) is 0. The van der Waals surface area contributed by atoms with Gasteiger partial charge in [0.05, 0.1) is 0 Å². The molecule has 0 bridgehead atoms. The SMILES string of the molecule is CC(=O)C1(C(C)=O)COC(=O)C(=O)C1=O. The molecule has 0 saturated carbocycles. The number of carbonyl (C=O) groups is 5. The van der Waals surface area contributed by atoms with E-state index in [0.29, 0.717) is 0 Å². The molecule has 0 aromatic rings. The van der Waals surface area contributed by atoms with Gasteiger partial charge in [-0.3, -0.25) is 19.2 Å². The smallest absolute Gasteiger partial charge is 0.382 e. The third-order valence-electron chi connectivity index (χ3n) is 2.40. The van der Waals surface area contributed by atoms with E-state index in [1.165, 1.54) is 0 Å². The predicted molar refractivity (Wildman–Crippen MR) is 44.8 cm³/mol. The topological polar surface area (TPSA) is 94.6 Å². The Hall–Kier alpha value is -1.85. The van der Waals surface area contributed by atoms with Gasteiger partial charge < -0.3 is 4.74 Å². The monoisotopic (exact) mass is 212 g/mol. The van der Waals surface area contributed by atoms with Crippen LogP contribution in [-0.2, 0) is 28.7 Å². The van der Waals surface area contributed by atoms with E-state index >= 15 is 0 Å². The van der Waals surface area contributed by atoms with Crippen LogP contribution in [0.3, 0.4) is 0 Å². The number of Topliss-reactive ketones (excluding diaryl/α,β-unsaturated/α-hetero) is 4. The molecule has 0 unspecified atom stereocenters. The number of hydrogen-bond donors (Lipinski definition) is 0. The van der Waals surface area contributed by atoms with Crippen LogP contribution in [0.4, 0.5) is 0 Å². The average molecular weight is 212 g/mol. The van der Waals surface area contributed by atoms with Gasteiger partial charge in [0, 0.05) is 0 Å². The average Bonchev–Trinajstić information content (AvgIpc) is 2.14. The van der Waals surface area contributed by atoms with Gasteiger partial charge in [-0.15, -0.1) is 0 Å². The van der Waals surface area contributed by atoms with E-state index in [-0.39, 0.29) is 0 Å². The quantitative estimate of drug-likeness (QED) is 0.325. The van der Waals surface area contributed by atoms with Crippen LogP contribution in [0.25, 0.3) is 0 Å². The van der Waals surface area contributed by atoms with Gasteiger partial charge in [-0.05, 0) is 13.8 Å². The maximum atomic E-state index is 11.4. The molecule has 0 aliphatic carbocycles. The molecule has 1 rings (SSSR count). The number of ether oxygens (including phenoxy) is 1. The second-order valence-electron chi connectivity index (χ2n) is 3.25. The summed E-state index contributed by atoms with van der Waals surface area (Å²) in [4.78, 5) is 55.7. The number of cyclic esters (lactones) is 1. The molecule has 6 heteroatoms. The van der Waals surface area contributed by atoms with Crippen molar-refractivity contribution >= 4 is 29.1 Å². The molecule has 80 valence electrons. The van der Waals surface area contributed by atoms with Gasteiger partial charge in [-0.25, -0.2) is 4.79 Å². The molecule has 1 saturated heterocycles. The van der Waals surface area contributed by atoms with Gasteiger partial charge in [-0.1, -0.05) is 0 Å². The number of rotatable bonds is 2. The second-order valence-corrected chi connectivity index (χ2v) is 3.25. The maximum absolute atomic E-state index is 11.4. The van der Waals surface area contributed by atoms with E-state index in [9.17, 15) is 24.0 Å². The van der Waals surface area contributed by atoms with E-state index in [1.54, 1.807) is 0 Å². The van der Waals surface area contributed by atoms with Crippen molar-refractivity contribution in [1.82, 2.24) is 0 Å². The number of hydrogen-bond acceptors (Lipinski definition) is 6. The Morgan fingerprint density at radius 3 is 2.00 bits per heavy atom. The van der Waals surface area contributed by atoms with E-state index in [2.05, 4.69) is 4.74 Å². The summed E-state index contributed by atoms with van der Waals surface area (Å²) < 4.78 is 4.35. The molecule has 1 heterocycles. The summed E-state index contributed by atoms with van der Waals surface area (Å²) in [5.74, 6) is -5.65. The highest BCUT2D eigenvalue weighted by Gasteiger charge is 2.56. The van der Waals surface area contributed by atoms with Crippen molar-refractivity contribution in [3.05, 3.63) is 0 Å². The summed E-state index contributed by atoms with van der Waals surface area (Å²) in [5.41, 5.74) is -2.12. The largest absolute Gasteiger partial charge is 0.458 e. The minimum absolute atomic E-state index is 0.679. The van der Waals surface area contributed by atoms with E-state index in [4.69, 9.17) is 0 Å². The zero-order valence-corrected chi connectivity index (χ0v) is 8.16. The Labute approximate surface area is 84.6 Å². The predicted octanol–water partition coefficient (Wildman–Crippen LogP) is -1.15. The first-order chi connectivity index (χ1) is 6.84. The van der Waals surface area contributed by atoms with Gasteiger partial charge in [0.1, 0.15) is 6.61 Å². The van der Waals surface area contributed by atoms with Crippen molar-refractivity contribution in [1.29, 1.82) is 0 Å². The van der Waals surface area contributed by atoms with Gasteiger partial charge >= 0.3 is 11.8 Å². The minimum atomic E-state index is -2.12. The van der Waals surface area contributed by atoms with Crippen molar-refractivity contribution in [3.8, 4) is 0 Å². The van der Waals surface area contributed by atoms with Crippen molar-refractivity contribution < 1.29 is 28.7 Å². The van der Waals surface area contributed by atoms with Crippen LogP contribution in [0, 0.1) is 5.41 Å². The normalized spacial score (nSPS) is 19.7. The van der Waals surface area contributed by atoms with E-state index < -0.39 is 41.1 Å². The standard InChI is InChI=1S/C9H8O6/c1-4(10)9(5(2)11)3-15-8(14)6(12)7(9)13/h3H2,1-2H3. The van der Waals surface area contributed by atoms with Crippen LogP contribution in [0.5, 0.6) is 0 Å². The lowest BCUT2D eigenvalue weighted by Crippen LogP contribution is -2.56. The summed E-state index contributed by atoms with van der Waals surface area (Å²) in [7, 11) is 0. The highest BCUT2D eigenvalue weighted by atomic mass is 16.5. The van der Waals surface area contributed by atoms with Crippen LogP contribution in [-0.4, -0.2) is 35.7 Å². The molecule has 0 N–H and O–H groups in total. The molecular formula is C9H8O6. The summed E-state index contributed by atoms with van der Waals surface area (Å²) >= 11 is 0. The van der Waals surface area contributed by atoms with E-state index in [0.717, 1.165) is 13.8 Å². The fraction of sp³-hybridized carbons (Fsp3) is 0.444. The van der Waals surface area contributed by atoms with Gasteiger partial charge in [-0.2, -0.15) is 0 Å². The third-order valence-corrected chi connectivity index (χ3v) is 2.40. The fourth-order valence-corrected chi connectivity index (χ4v) is 1.36. The minimum Gasteiger partial charge on any atom is -0.458 e. The Morgan fingerprint density at radius 2 is 1.60 bits per heavy atom. The van der Waals surface area contributed by atoms with Crippen LogP contribution >= 0.6 is 0 Å². The highest BCUT2D eigenvalue weighted by Crippen LogP contribution is 2.26. The molecule has 15 heavy (non-hydrogen) atoms. The van der Waals surface area contributed by atoms with Crippen LogP contribution in [0.2, 0.25) is 0 Å². The molecule has 0 amide bonds. The highest BCUT2D eigenvalue weighted by molar-refractivity contribution is 6.67. The molecule has 0 aromatic carbocycles. The summed E-state index contributed by atoms with van der Waals surface area (Å²) in [6.07, 6.45) is 0. The molecule has 1 aliphatic rings. The van der Waals surface area contributed by atoms with Crippen LogP contribution in [0.15, 0.2) is 0 Å². The molecule has 0 atom stereocenters. The number of ketones is 4. The summed E-state index contributed by atoms with van der Waals surface area (Å²) in [6.45, 7) is 1.33. The summed E-state index contributed by atoms with van der Waals surface area (Å²) in [5, 5.41) is 0. The molecule has 0 aromatic heterocycles. The van der Waals surface area contributed by atoms with Crippen molar-refractivity contribution in [2.75, 3.05) is 6.61 Å². The van der Waals surface area contributed by atoms with Crippen molar-refractivity contribution in [3.63, 3.8) is 0 Å². The molecule has 0 radical (unpaired) electrons. The van der Waals surface area contributed by atoms with Gasteiger partial charge in [0.15, 0.2) is 17.0 Å². The molecule has 1 fully saturated rings.